The van der Waals surface area contributed by atoms with Gasteiger partial charge in [0.2, 0.25) is 5.91 Å². The summed E-state index contributed by atoms with van der Waals surface area (Å²) in [6.07, 6.45) is 1.82. The molecule has 0 bridgehead atoms. The van der Waals surface area contributed by atoms with Crippen molar-refractivity contribution in [2.45, 2.75) is 19.8 Å². The first kappa shape index (κ1) is 12.4. The molecule has 0 aromatic rings. The predicted octanol–water partition coefficient (Wildman–Crippen LogP) is 0.165. The van der Waals surface area contributed by atoms with Crippen LogP contribution >= 0.6 is 0 Å². The fourth-order valence-electron chi connectivity index (χ4n) is 2.54. The Labute approximate surface area is 101 Å². The summed E-state index contributed by atoms with van der Waals surface area (Å²) in [5, 5.41) is 12.1. The van der Waals surface area contributed by atoms with Crippen LogP contribution in [0, 0.1) is 17.8 Å². The van der Waals surface area contributed by atoms with Crippen molar-refractivity contribution < 1.29 is 14.7 Å². The first-order valence-corrected chi connectivity index (χ1v) is 6.32. The maximum Gasteiger partial charge on any atom is 0.306 e. The van der Waals surface area contributed by atoms with Crippen LogP contribution in [0.15, 0.2) is 0 Å². The van der Waals surface area contributed by atoms with Crippen LogP contribution in [0.2, 0.25) is 0 Å². The van der Waals surface area contributed by atoms with Gasteiger partial charge in [0.25, 0.3) is 0 Å². The van der Waals surface area contributed by atoms with E-state index in [9.17, 15) is 9.59 Å². The Morgan fingerprint density at radius 3 is 2.41 bits per heavy atom. The van der Waals surface area contributed by atoms with Gasteiger partial charge in [-0.3, -0.25) is 9.59 Å². The molecule has 2 aliphatic rings. The summed E-state index contributed by atoms with van der Waals surface area (Å²) < 4.78 is 0. The lowest BCUT2D eigenvalue weighted by Crippen LogP contribution is -2.55. The molecule has 5 nitrogen and oxygen atoms in total. The van der Waals surface area contributed by atoms with E-state index in [0.29, 0.717) is 13.1 Å². The zero-order chi connectivity index (χ0) is 12.4. The molecule has 2 N–H and O–H groups in total. The molecular formula is C12H20N2O3. The standard InChI is InChI=1S/C12H20N2O3/c1-8(12(16)17)10-6-14(7-10)11(15)9-2-4-13-5-3-9/h8-10,13H,2-7H2,1H3,(H,16,17). The van der Waals surface area contributed by atoms with Crippen molar-refractivity contribution in [3.05, 3.63) is 0 Å². The molecule has 2 fully saturated rings. The topological polar surface area (TPSA) is 69.6 Å². The Morgan fingerprint density at radius 2 is 1.88 bits per heavy atom. The molecule has 5 heteroatoms. The van der Waals surface area contributed by atoms with Crippen molar-refractivity contribution in [3.8, 4) is 0 Å². The van der Waals surface area contributed by atoms with E-state index in [0.717, 1.165) is 25.9 Å². The summed E-state index contributed by atoms with van der Waals surface area (Å²) in [6.45, 7) is 4.80. The zero-order valence-corrected chi connectivity index (χ0v) is 10.2. The number of nitrogens with one attached hydrogen (secondary N) is 1. The first-order chi connectivity index (χ1) is 8.09. The van der Waals surface area contributed by atoms with E-state index in [1.807, 2.05) is 4.90 Å². The minimum Gasteiger partial charge on any atom is -0.481 e. The largest absolute Gasteiger partial charge is 0.481 e. The molecule has 0 aromatic carbocycles. The highest BCUT2D eigenvalue weighted by Crippen LogP contribution is 2.27. The Balaban J connectivity index is 1.78. The minimum absolute atomic E-state index is 0.137. The van der Waals surface area contributed by atoms with Crippen molar-refractivity contribution in [1.82, 2.24) is 10.2 Å². The van der Waals surface area contributed by atoms with Crippen LogP contribution in [-0.4, -0.2) is 48.1 Å². The lowest BCUT2D eigenvalue weighted by Gasteiger charge is -2.43. The number of carboxylic acids is 1. The van der Waals surface area contributed by atoms with Gasteiger partial charge in [-0.1, -0.05) is 6.92 Å². The highest BCUT2D eigenvalue weighted by atomic mass is 16.4. The van der Waals surface area contributed by atoms with Crippen LogP contribution in [0.5, 0.6) is 0 Å². The van der Waals surface area contributed by atoms with E-state index < -0.39 is 5.97 Å². The summed E-state index contributed by atoms with van der Waals surface area (Å²) in [5.41, 5.74) is 0. The molecule has 2 saturated heterocycles. The normalized spacial score (nSPS) is 24.2. The third-order valence-corrected chi connectivity index (χ3v) is 4.01. The molecule has 0 radical (unpaired) electrons. The SMILES string of the molecule is CC(C(=O)O)C1CN(C(=O)C2CCNCC2)C1. The summed E-state index contributed by atoms with van der Waals surface area (Å²) in [4.78, 5) is 24.7. The molecule has 96 valence electrons. The Bertz CT molecular complexity index is 307. The Kier molecular flexibility index (Phi) is 3.66. The van der Waals surface area contributed by atoms with Crippen molar-refractivity contribution in [1.29, 1.82) is 0 Å². The molecule has 0 aromatic heterocycles. The van der Waals surface area contributed by atoms with Crippen molar-refractivity contribution >= 4 is 11.9 Å². The third kappa shape index (κ3) is 2.60. The molecule has 17 heavy (non-hydrogen) atoms. The van der Waals surface area contributed by atoms with Crippen LogP contribution in [0.25, 0.3) is 0 Å². The summed E-state index contributed by atoms with van der Waals surface area (Å²) in [6, 6.07) is 0. The number of nitrogens with zero attached hydrogens (tertiary/aromatic N) is 1. The predicted molar refractivity (Wildman–Crippen MR) is 62.5 cm³/mol. The van der Waals surface area contributed by atoms with Gasteiger partial charge in [-0.2, -0.15) is 0 Å². The van der Waals surface area contributed by atoms with Crippen LogP contribution in [-0.2, 0) is 9.59 Å². The van der Waals surface area contributed by atoms with Gasteiger partial charge in [0.05, 0.1) is 5.92 Å². The minimum atomic E-state index is -0.760. The monoisotopic (exact) mass is 240 g/mol. The molecule has 2 heterocycles. The van der Waals surface area contributed by atoms with E-state index >= 15 is 0 Å². The number of piperidine rings is 1. The molecule has 1 amide bonds. The fourth-order valence-corrected chi connectivity index (χ4v) is 2.54. The average molecular weight is 240 g/mol. The molecule has 1 unspecified atom stereocenters. The summed E-state index contributed by atoms with van der Waals surface area (Å²) in [7, 11) is 0. The third-order valence-electron chi connectivity index (χ3n) is 4.01. The number of aliphatic carboxylic acids is 1. The lowest BCUT2D eigenvalue weighted by atomic mass is 9.85. The van der Waals surface area contributed by atoms with Crippen molar-refractivity contribution in [2.24, 2.45) is 17.8 Å². The quantitative estimate of drug-likeness (QED) is 0.737. The van der Waals surface area contributed by atoms with Crippen LogP contribution < -0.4 is 5.32 Å². The number of amides is 1. The number of hydrogen-bond donors (Lipinski definition) is 2. The molecule has 0 saturated carbocycles. The fraction of sp³-hybridized carbons (Fsp3) is 0.833. The van der Waals surface area contributed by atoms with Crippen LogP contribution in [0.3, 0.4) is 0 Å². The zero-order valence-electron chi connectivity index (χ0n) is 10.2. The van der Waals surface area contributed by atoms with Crippen molar-refractivity contribution in [3.63, 3.8) is 0 Å². The van der Waals surface area contributed by atoms with E-state index in [2.05, 4.69) is 5.32 Å². The molecule has 2 aliphatic heterocycles. The molecule has 1 atom stereocenters. The number of hydrogen-bond acceptors (Lipinski definition) is 3. The van der Waals surface area contributed by atoms with Gasteiger partial charge in [-0.05, 0) is 25.9 Å². The summed E-state index contributed by atoms with van der Waals surface area (Å²) >= 11 is 0. The first-order valence-electron chi connectivity index (χ1n) is 6.32. The van der Waals surface area contributed by atoms with E-state index in [1.54, 1.807) is 6.92 Å². The Hall–Kier alpha value is -1.10. The van der Waals surface area contributed by atoms with Gasteiger partial charge in [-0.25, -0.2) is 0 Å². The highest BCUT2D eigenvalue weighted by molar-refractivity contribution is 5.80. The van der Waals surface area contributed by atoms with Gasteiger partial charge in [0.15, 0.2) is 0 Å². The van der Waals surface area contributed by atoms with E-state index in [1.165, 1.54) is 0 Å². The van der Waals surface area contributed by atoms with E-state index in [4.69, 9.17) is 5.11 Å². The maximum atomic E-state index is 12.1. The van der Waals surface area contributed by atoms with Crippen LogP contribution in [0.1, 0.15) is 19.8 Å². The number of likely N-dealkylation sites (tertiary alicyclic amines) is 1. The highest BCUT2D eigenvalue weighted by Gasteiger charge is 2.39. The second kappa shape index (κ2) is 5.04. The number of carbonyl (C=O) groups excluding carboxylic acids is 1. The molecule has 2 rings (SSSR count). The second-order valence-corrected chi connectivity index (χ2v) is 5.15. The van der Waals surface area contributed by atoms with E-state index in [-0.39, 0.29) is 23.7 Å². The second-order valence-electron chi connectivity index (χ2n) is 5.15. The van der Waals surface area contributed by atoms with Crippen molar-refractivity contribution in [2.75, 3.05) is 26.2 Å². The summed E-state index contributed by atoms with van der Waals surface area (Å²) in [5.74, 6) is -0.591. The maximum absolute atomic E-state index is 12.1. The van der Waals surface area contributed by atoms with Gasteiger partial charge >= 0.3 is 5.97 Å². The average Bonchev–Trinajstić information content (AvgIpc) is 2.27. The lowest BCUT2D eigenvalue weighted by molar-refractivity contribution is -0.152. The smallest absolute Gasteiger partial charge is 0.306 e. The van der Waals surface area contributed by atoms with Crippen LogP contribution in [0.4, 0.5) is 0 Å². The number of carbonyl (C=O) groups is 2. The molecule has 0 aliphatic carbocycles. The van der Waals surface area contributed by atoms with Gasteiger partial charge in [-0.15, -0.1) is 0 Å². The number of rotatable bonds is 3. The number of carboxylic acid groups (broad SMARTS) is 1. The Morgan fingerprint density at radius 1 is 1.29 bits per heavy atom. The molecular weight excluding hydrogens is 220 g/mol. The van der Waals surface area contributed by atoms with Gasteiger partial charge in [0.1, 0.15) is 0 Å². The van der Waals surface area contributed by atoms with Gasteiger partial charge < -0.3 is 15.3 Å². The molecule has 0 spiro atoms. The van der Waals surface area contributed by atoms with Gasteiger partial charge in [0, 0.05) is 24.9 Å².